The van der Waals surface area contributed by atoms with Gasteiger partial charge >= 0.3 is 0 Å². The quantitative estimate of drug-likeness (QED) is 0.333. The van der Waals surface area contributed by atoms with Crippen LogP contribution in [0.5, 0.6) is 0 Å². The van der Waals surface area contributed by atoms with Crippen LogP contribution >= 0.6 is 27.3 Å². The summed E-state index contributed by atoms with van der Waals surface area (Å²) in [6.45, 7) is 1.11. The Morgan fingerprint density at radius 3 is 3.08 bits per heavy atom. The predicted octanol–water partition coefficient (Wildman–Crippen LogP) is 1.35. The minimum Gasteiger partial charge on any atom is -0.409 e. The van der Waals surface area contributed by atoms with Gasteiger partial charge in [0.15, 0.2) is 5.84 Å². The van der Waals surface area contributed by atoms with Gasteiger partial charge in [-0.15, -0.1) is 11.3 Å². The monoisotopic (exact) mass is 263 g/mol. The van der Waals surface area contributed by atoms with E-state index in [-0.39, 0.29) is 5.84 Å². The fraction of sp³-hybridized carbons (Fsp3) is 0.286. The van der Waals surface area contributed by atoms with Gasteiger partial charge in [-0.25, -0.2) is 0 Å². The first-order valence-corrected chi connectivity index (χ1v) is 5.30. The SMILES string of the molecule is NC(CNCc1sccc1Br)=NO. The van der Waals surface area contributed by atoms with Crippen molar-refractivity contribution in [1.29, 1.82) is 0 Å². The van der Waals surface area contributed by atoms with Crippen LogP contribution in [0.15, 0.2) is 21.1 Å². The van der Waals surface area contributed by atoms with Crippen molar-refractivity contribution < 1.29 is 5.21 Å². The second kappa shape index (κ2) is 5.21. The van der Waals surface area contributed by atoms with Gasteiger partial charge in [0, 0.05) is 15.9 Å². The topological polar surface area (TPSA) is 70.6 Å². The van der Waals surface area contributed by atoms with Crippen molar-refractivity contribution in [2.75, 3.05) is 6.54 Å². The maximum absolute atomic E-state index is 8.26. The van der Waals surface area contributed by atoms with Crippen LogP contribution in [0, 0.1) is 0 Å². The maximum atomic E-state index is 8.26. The molecule has 0 fully saturated rings. The Bertz CT molecular complexity index is 300. The zero-order valence-corrected chi connectivity index (χ0v) is 9.23. The minimum atomic E-state index is 0.188. The molecule has 0 amide bonds. The summed E-state index contributed by atoms with van der Waals surface area (Å²) in [5.74, 6) is 0.188. The van der Waals surface area contributed by atoms with Gasteiger partial charge in [-0.3, -0.25) is 0 Å². The molecule has 0 aromatic carbocycles. The zero-order chi connectivity index (χ0) is 9.68. The Kier molecular flexibility index (Phi) is 4.20. The van der Waals surface area contributed by atoms with Crippen LogP contribution in [0.1, 0.15) is 4.88 Å². The molecule has 72 valence electrons. The maximum Gasteiger partial charge on any atom is 0.153 e. The molecule has 0 aliphatic heterocycles. The number of oxime groups is 1. The molecule has 4 N–H and O–H groups in total. The molecule has 0 saturated heterocycles. The first kappa shape index (κ1) is 10.5. The Hall–Kier alpha value is -0.590. The molecule has 0 radical (unpaired) electrons. The van der Waals surface area contributed by atoms with Crippen molar-refractivity contribution in [1.82, 2.24) is 5.32 Å². The smallest absolute Gasteiger partial charge is 0.153 e. The number of amidine groups is 1. The summed E-state index contributed by atoms with van der Waals surface area (Å²) >= 11 is 5.07. The summed E-state index contributed by atoms with van der Waals surface area (Å²) in [6.07, 6.45) is 0. The first-order valence-electron chi connectivity index (χ1n) is 3.63. The molecule has 1 aromatic heterocycles. The van der Waals surface area contributed by atoms with E-state index in [0.717, 1.165) is 4.47 Å². The van der Waals surface area contributed by atoms with E-state index < -0.39 is 0 Å². The van der Waals surface area contributed by atoms with Gasteiger partial charge in [-0.2, -0.15) is 0 Å². The van der Waals surface area contributed by atoms with E-state index in [4.69, 9.17) is 10.9 Å². The molecule has 0 unspecified atom stereocenters. The lowest BCUT2D eigenvalue weighted by molar-refractivity contribution is 0.317. The molecule has 0 atom stereocenters. The van der Waals surface area contributed by atoms with Crippen molar-refractivity contribution in [3.63, 3.8) is 0 Å². The van der Waals surface area contributed by atoms with E-state index in [9.17, 15) is 0 Å². The van der Waals surface area contributed by atoms with Gasteiger partial charge in [0.25, 0.3) is 0 Å². The van der Waals surface area contributed by atoms with Crippen LogP contribution in [0.3, 0.4) is 0 Å². The molecule has 1 aromatic rings. The standard InChI is InChI=1S/C7H10BrN3OS/c8-5-1-2-13-6(5)3-10-4-7(9)11-12/h1-2,10,12H,3-4H2,(H2,9,11). The second-order valence-electron chi connectivity index (χ2n) is 2.39. The lowest BCUT2D eigenvalue weighted by Crippen LogP contribution is -2.28. The number of halogens is 1. The summed E-state index contributed by atoms with van der Waals surface area (Å²) < 4.78 is 1.09. The van der Waals surface area contributed by atoms with Gasteiger partial charge in [0.1, 0.15) is 0 Å². The van der Waals surface area contributed by atoms with E-state index >= 15 is 0 Å². The van der Waals surface area contributed by atoms with Crippen LogP contribution < -0.4 is 11.1 Å². The number of nitrogens with zero attached hydrogens (tertiary/aromatic N) is 1. The van der Waals surface area contributed by atoms with E-state index in [1.54, 1.807) is 11.3 Å². The normalized spacial score (nSPS) is 11.9. The molecule has 0 saturated carbocycles. The summed E-state index contributed by atoms with van der Waals surface area (Å²) in [5.41, 5.74) is 5.28. The van der Waals surface area contributed by atoms with Gasteiger partial charge in [-0.1, -0.05) is 5.16 Å². The van der Waals surface area contributed by atoms with Crippen molar-refractivity contribution >= 4 is 33.1 Å². The van der Waals surface area contributed by atoms with E-state index in [2.05, 4.69) is 26.4 Å². The van der Waals surface area contributed by atoms with Gasteiger partial charge < -0.3 is 16.3 Å². The van der Waals surface area contributed by atoms with Crippen molar-refractivity contribution in [3.05, 3.63) is 20.8 Å². The molecular weight excluding hydrogens is 254 g/mol. The summed E-state index contributed by atoms with van der Waals surface area (Å²) in [7, 11) is 0. The van der Waals surface area contributed by atoms with Gasteiger partial charge in [0.05, 0.1) is 6.54 Å². The fourth-order valence-electron chi connectivity index (χ4n) is 0.791. The lowest BCUT2D eigenvalue weighted by atomic mass is 10.4. The average Bonchev–Trinajstić information content (AvgIpc) is 2.52. The minimum absolute atomic E-state index is 0.188. The molecule has 0 aliphatic carbocycles. The molecule has 0 spiro atoms. The number of hydrogen-bond donors (Lipinski definition) is 3. The van der Waals surface area contributed by atoms with Crippen LogP contribution in [-0.2, 0) is 6.54 Å². The molecule has 4 nitrogen and oxygen atoms in total. The highest BCUT2D eigenvalue weighted by atomic mass is 79.9. The number of rotatable bonds is 4. The summed E-state index contributed by atoms with van der Waals surface area (Å²) in [6, 6.07) is 1.99. The van der Waals surface area contributed by atoms with Crippen LogP contribution in [0.4, 0.5) is 0 Å². The van der Waals surface area contributed by atoms with E-state index in [1.165, 1.54) is 4.88 Å². The van der Waals surface area contributed by atoms with Gasteiger partial charge in [-0.05, 0) is 27.4 Å². The second-order valence-corrected chi connectivity index (χ2v) is 4.24. The lowest BCUT2D eigenvalue weighted by Gasteiger charge is -2.01. The molecule has 0 bridgehead atoms. The third-order valence-corrected chi connectivity index (χ3v) is 3.34. The highest BCUT2D eigenvalue weighted by Gasteiger charge is 2.00. The molecule has 0 aliphatic rings. The van der Waals surface area contributed by atoms with E-state index in [0.29, 0.717) is 13.1 Å². The molecule has 6 heteroatoms. The fourth-order valence-corrected chi connectivity index (χ4v) is 2.25. The van der Waals surface area contributed by atoms with Crippen LogP contribution in [0.25, 0.3) is 0 Å². The van der Waals surface area contributed by atoms with E-state index in [1.807, 2.05) is 11.4 Å². The largest absolute Gasteiger partial charge is 0.409 e. The van der Waals surface area contributed by atoms with Gasteiger partial charge in [0.2, 0.25) is 0 Å². The Morgan fingerprint density at radius 2 is 2.54 bits per heavy atom. The number of thiophene rings is 1. The molecule has 13 heavy (non-hydrogen) atoms. The molecule has 1 rings (SSSR count). The Balaban J connectivity index is 2.32. The highest BCUT2D eigenvalue weighted by molar-refractivity contribution is 9.10. The Labute approximate surface area is 88.6 Å². The molecule has 1 heterocycles. The molecular formula is C7H10BrN3OS. The van der Waals surface area contributed by atoms with Crippen LogP contribution in [-0.4, -0.2) is 17.6 Å². The number of hydrogen-bond acceptors (Lipinski definition) is 4. The Morgan fingerprint density at radius 1 is 1.77 bits per heavy atom. The summed E-state index contributed by atoms with van der Waals surface area (Å²) in [4.78, 5) is 1.20. The summed E-state index contributed by atoms with van der Waals surface area (Å²) in [5, 5.41) is 16.2. The first-order chi connectivity index (χ1) is 6.24. The third kappa shape index (κ3) is 3.33. The third-order valence-electron chi connectivity index (χ3n) is 1.41. The number of nitrogens with two attached hydrogens (primary N) is 1. The van der Waals surface area contributed by atoms with Crippen molar-refractivity contribution in [2.24, 2.45) is 10.9 Å². The zero-order valence-electron chi connectivity index (χ0n) is 6.83. The van der Waals surface area contributed by atoms with Crippen molar-refractivity contribution in [2.45, 2.75) is 6.54 Å². The predicted molar refractivity (Wildman–Crippen MR) is 57.1 cm³/mol. The average molecular weight is 264 g/mol. The van der Waals surface area contributed by atoms with Crippen LogP contribution in [0.2, 0.25) is 0 Å². The van der Waals surface area contributed by atoms with Crippen molar-refractivity contribution in [3.8, 4) is 0 Å². The highest BCUT2D eigenvalue weighted by Crippen LogP contribution is 2.21. The number of nitrogens with one attached hydrogen (secondary N) is 1.